The fourth-order valence-corrected chi connectivity index (χ4v) is 3.10. The molecule has 1 aromatic carbocycles. The zero-order valence-corrected chi connectivity index (χ0v) is 16.2. The number of nitrogens with zero attached hydrogens (tertiary/aromatic N) is 1. The van der Waals surface area contributed by atoms with Gasteiger partial charge in [-0.15, -0.1) is 0 Å². The van der Waals surface area contributed by atoms with E-state index in [1.807, 2.05) is 6.92 Å². The first-order valence-electron chi connectivity index (χ1n) is 9.50. The highest BCUT2D eigenvalue weighted by Crippen LogP contribution is 2.44. The molecule has 2 N–H and O–H groups in total. The number of halogens is 1. The van der Waals surface area contributed by atoms with Gasteiger partial charge in [-0.3, -0.25) is 4.99 Å². The number of ether oxygens (including phenoxy) is 2. The van der Waals surface area contributed by atoms with Gasteiger partial charge in [-0.2, -0.15) is 0 Å². The molecule has 1 fully saturated rings. The summed E-state index contributed by atoms with van der Waals surface area (Å²) in [4.78, 5) is 4.78. The van der Waals surface area contributed by atoms with Gasteiger partial charge in [0.15, 0.2) is 5.96 Å². The van der Waals surface area contributed by atoms with E-state index in [1.54, 1.807) is 19.2 Å². The molecule has 1 aliphatic rings. The Bertz CT molecular complexity index is 559. The highest BCUT2D eigenvalue weighted by molar-refractivity contribution is 5.79. The largest absolute Gasteiger partial charge is 0.489 e. The fourth-order valence-electron chi connectivity index (χ4n) is 3.10. The number of methoxy groups -OCH3 is 1. The number of benzene rings is 1. The van der Waals surface area contributed by atoms with Gasteiger partial charge < -0.3 is 20.1 Å². The van der Waals surface area contributed by atoms with Gasteiger partial charge in [0, 0.05) is 26.8 Å². The summed E-state index contributed by atoms with van der Waals surface area (Å²) in [5, 5.41) is 6.63. The van der Waals surface area contributed by atoms with Crippen molar-refractivity contribution in [2.24, 2.45) is 10.4 Å². The zero-order chi connectivity index (χ0) is 18.8. The normalized spacial score (nSPS) is 17.3. The minimum Gasteiger partial charge on any atom is -0.489 e. The fraction of sp³-hybridized carbons (Fsp3) is 0.650. The van der Waals surface area contributed by atoms with Crippen LogP contribution in [0.5, 0.6) is 5.75 Å². The lowest BCUT2D eigenvalue weighted by Gasteiger charge is -2.40. The predicted octanol–water partition coefficient (Wildman–Crippen LogP) is 3.35. The van der Waals surface area contributed by atoms with Gasteiger partial charge in [-0.1, -0.05) is 6.42 Å². The summed E-state index contributed by atoms with van der Waals surface area (Å²) < 4.78 is 24.0. The van der Waals surface area contributed by atoms with Crippen LogP contribution in [-0.4, -0.2) is 45.4 Å². The molecule has 5 nitrogen and oxygen atoms in total. The first-order valence-corrected chi connectivity index (χ1v) is 9.50. The van der Waals surface area contributed by atoms with Crippen molar-refractivity contribution < 1.29 is 13.9 Å². The van der Waals surface area contributed by atoms with E-state index in [2.05, 4.69) is 17.6 Å². The minimum absolute atomic E-state index is 0.0597. The van der Waals surface area contributed by atoms with E-state index in [0.717, 1.165) is 32.1 Å². The lowest BCUT2D eigenvalue weighted by atomic mass is 9.67. The van der Waals surface area contributed by atoms with Crippen molar-refractivity contribution in [3.63, 3.8) is 0 Å². The molecule has 0 radical (unpaired) electrons. The molecule has 0 saturated heterocycles. The lowest BCUT2D eigenvalue weighted by Crippen LogP contribution is -2.43. The first-order chi connectivity index (χ1) is 12.6. The number of aliphatic imine (C=N–C) groups is 1. The molecule has 2 rings (SSSR count). The van der Waals surface area contributed by atoms with Crippen molar-refractivity contribution in [3.05, 3.63) is 30.1 Å². The summed E-state index contributed by atoms with van der Waals surface area (Å²) in [5.74, 6) is 1.21. The third-order valence-corrected chi connectivity index (χ3v) is 4.88. The van der Waals surface area contributed by atoms with E-state index in [9.17, 15) is 4.39 Å². The summed E-state index contributed by atoms with van der Waals surface area (Å²) in [6, 6.07) is 6.08. The van der Waals surface area contributed by atoms with Gasteiger partial charge >= 0.3 is 0 Å². The summed E-state index contributed by atoms with van der Waals surface area (Å²) in [6.45, 7) is 7.07. The highest BCUT2D eigenvalue weighted by atomic mass is 19.1. The van der Waals surface area contributed by atoms with Crippen LogP contribution in [0.4, 0.5) is 4.39 Å². The number of hydrogen-bond donors (Lipinski definition) is 2. The van der Waals surface area contributed by atoms with Crippen molar-refractivity contribution in [2.45, 2.75) is 45.6 Å². The Hall–Kier alpha value is -1.82. The Morgan fingerprint density at radius 1 is 1.27 bits per heavy atom. The van der Waals surface area contributed by atoms with Crippen molar-refractivity contribution in [1.82, 2.24) is 10.6 Å². The van der Waals surface area contributed by atoms with Crippen LogP contribution in [0.25, 0.3) is 0 Å². The molecule has 6 heteroatoms. The van der Waals surface area contributed by atoms with Crippen LogP contribution in [0.3, 0.4) is 0 Å². The van der Waals surface area contributed by atoms with Gasteiger partial charge in [0.2, 0.25) is 0 Å². The molecule has 1 saturated carbocycles. The second-order valence-electron chi connectivity index (χ2n) is 7.05. The van der Waals surface area contributed by atoms with Crippen LogP contribution in [-0.2, 0) is 4.74 Å². The lowest BCUT2D eigenvalue weighted by molar-refractivity contribution is 0.0778. The van der Waals surface area contributed by atoms with Crippen molar-refractivity contribution in [1.29, 1.82) is 0 Å². The molecule has 0 spiro atoms. The maximum absolute atomic E-state index is 13.0. The second-order valence-corrected chi connectivity index (χ2v) is 7.05. The molecule has 1 atom stereocenters. The van der Waals surface area contributed by atoms with Crippen molar-refractivity contribution in [3.8, 4) is 5.75 Å². The monoisotopic (exact) mass is 365 g/mol. The third-order valence-electron chi connectivity index (χ3n) is 4.88. The average molecular weight is 365 g/mol. The maximum atomic E-state index is 13.0. The first kappa shape index (κ1) is 20.5. The molecular weight excluding hydrogens is 333 g/mol. The topological polar surface area (TPSA) is 54.9 Å². The third kappa shape index (κ3) is 6.48. The summed E-state index contributed by atoms with van der Waals surface area (Å²) in [5.41, 5.74) is 0.300. The summed E-state index contributed by atoms with van der Waals surface area (Å²) in [7, 11) is 1.75. The SMILES string of the molecule is CCNC(=NCC1(CCOC)CCC1)NCC(C)Oc1ccc(F)cc1. The van der Waals surface area contributed by atoms with Gasteiger partial charge in [0.1, 0.15) is 17.7 Å². The van der Waals surface area contributed by atoms with Crippen molar-refractivity contribution >= 4 is 5.96 Å². The highest BCUT2D eigenvalue weighted by Gasteiger charge is 2.36. The maximum Gasteiger partial charge on any atom is 0.191 e. The second kappa shape index (κ2) is 10.4. The number of nitrogens with one attached hydrogen (secondary N) is 2. The molecule has 0 amide bonds. The molecule has 0 heterocycles. The molecule has 0 bridgehead atoms. The molecule has 1 unspecified atom stereocenters. The number of rotatable bonds is 10. The predicted molar refractivity (Wildman–Crippen MR) is 103 cm³/mol. The quantitative estimate of drug-likeness (QED) is 0.493. The van der Waals surface area contributed by atoms with Gasteiger partial charge in [0.05, 0.1) is 6.54 Å². The van der Waals surface area contributed by atoms with E-state index in [-0.39, 0.29) is 11.9 Å². The van der Waals surface area contributed by atoms with Crippen LogP contribution < -0.4 is 15.4 Å². The van der Waals surface area contributed by atoms with E-state index >= 15 is 0 Å². The molecular formula is C20H32FN3O2. The number of hydrogen-bond acceptors (Lipinski definition) is 3. The Balaban J connectivity index is 1.83. The van der Waals surface area contributed by atoms with Gasteiger partial charge in [0.25, 0.3) is 0 Å². The standard InChI is InChI=1S/C20H32FN3O2/c1-4-22-19(24-15-20(10-5-11-20)12-13-25-3)23-14-16(2)26-18-8-6-17(21)7-9-18/h6-9,16H,4-5,10-15H2,1-3H3,(H2,22,23,24). The van der Waals surface area contributed by atoms with Crippen LogP contribution in [0, 0.1) is 11.2 Å². The summed E-state index contributed by atoms with van der Waals surface area (Å²) in [6.07, 6.45) is 4.74. The Kier molecular flexibility index (Phi) is 8.16. The Morgan fingerprint density at radius 3 is 2.58 bits per heavy atom. The van der Waals surface area contributed by atoms with E-state index in [0.29, 0.717) is 17.7 Å². The molecule has 1 aromatic rings. The van der Waals surface area contributed by atoms with Crippen LogP contribution in [0.15, 0.2) is 29.3 Å². The van der Waals surface area contributed by atoms with Crippen LogP contribution in [0.2, 0.25) is 0 Å². The number of guanidine groups is 1. The van der Waals surface area contributed by atoms with Crippen LogP contribution in [0.1, 0.15) is 39.5 Å². The molecule has 1 aliphatic carbocycles. The molecule has 0 aliphatic heterocycles. The Labute approximate surface area is 156 Å². The average Bonchev–Trinajstić information content (AvgIpc) is 2.60. The molecule has 26 heavy (non-hydrogen) atoms. The smallest absolute Gasteiger partial charge is 0.191 e. The molecule has 0 aromatic heterocycles. The van der Waals surface area contributed by atoms with Crippen LogP contribution >= 0.6 is 0 Å². The molecule has 146 valence electrons. The van der Waals surface area contributed by atoms with E-state index in [4.69, 9.17) is 14.5 Å². The zero-order valence-electron chi connectivity index (χ0n) is 16.2. The Morgan fingerprint density at radius 2 is 2.00 bits per heavy atom. The van der Waals surface area contributed by atoms with Crippen molar-refractivity contribution in [2.75, 3.05) is 33.4 Å². The minimum atomic E-state index is -0.261. The van der Waals surface area contributed by atoms with E-state index in [1.165, 1.54) is 31.4 Å². The van der Waals surface area contributed by atoms with Gasteiger partial charge in [-0.05, 0) is 62.8 Å². The van der Waals surface area contributed by atoms with E-state index < -0.39 is 0 Å². The summed E-state index contributed by atoms with van der Waals surface area (Å²) >= 11 is 0. The van der Waals surface area contributed by atoms with Gasteiger partial charge in [-0.25, -0.2) is 4.39 Å².